The molecule has 1 amide bonds. The number of hydrogen-bond acceptors (Lipinski definition) is 3. The van der Waals surface area contributed by atoms with Crippen LogP contribution in [0, 0.1) is 0 Å². The van der Waals surface area contributed by atoms with Gasteiger partial charge >= 0.3 is 0 Å². The molecule has 1 aromatic rings. The summed E-state index contributed by atoms with van der Waals surface area (Å²) in [5, 5.41) is 1.06. The number of hydrogen-bond donors (Lipinski definition) is 1. The van der Waals surface area contributed by atoms with Crippen LogP contribution < -0.4 is 10.6 Å². The zero-order chi connectivity index (χ0) is 11.3. The molecule has 0 fully saturated rings. The van der Waals surface area contributed by atoms with E-state index >= 15 is 0 Å². The van der Waals surface area contributed by atoms with E-state index in [-0.39, 0.29) is 12.3 Å². The molecule has 1 rings (SSSR count). The molecular formula is C10H13BrN2O2. The number of halogens is 1. The van der Waals surface area contributed by atoms with Gasteiger partial charge in [0.05, 0.1) is 17.5 Å². The molecule has 0 aliphatic rings. The Labute approximate surface area is 97.1 Å². The van der Waals surface area contributed by atoms with Crippen LogP contribution in [0.1, 0.15) is 6.42 Å². The van der Waals surface area contributed by atoms with Gasteiger partial charge < -0.3 is 4.74 Å². The smallest absolute Gasteiger partial charge is 0.239 e. The maximum absolute atomic E-state index is 11.1. The summed E-state index contributed by atoms with van der Waals surface area (Å²) < 4.78 is 6.28. The fourth-order valence-corrected chi connectivity index (χ4v) is 1.39. The molecule has 2 N–H and O–H groups in total. The summed E-state index contributed by atoms with van der Waals surface area (Å²) in [6, 6.07) is 7.49. The standard InChI is InChI=1S/C10H13BrN2O2/c1-13(12)10(14)6-7-15-9-5-3-2-4-8(9)11/h2-5H,6-7,12H2,1H3. The first-order chi connectivity index (χ1) is 7.11. The average Bonchev–Trinajstić information content (AvgIpc) is 2.20. The predicted octanol–water partition coefficient (Wildman–Crippen LogP) is 1.55. The number of rotatable bonds is 4. The lowest BCUT2D eigenvalue weighted by Crippen LogP contribution is -2.33. The van der Waals surface area contributed by atoms with Gasteiger partial charge in [-0.2, -0.15) is 0 Å². The Bertz CT molecular complexity index is 342. The molecule has 0 aliphatic carbocycles. The highest BCUT2D eigenvalue weighted by molar-refractivity contribution is 9.10. The summed E-state index contributed by atoms with van der Waals surface area (Å²) in [7, 11) is 1.51. The molecule has 0 bridgehead atoms. The zero-order valence-corrected chi connectivity index (χ0v) is 10.0. The van der Waals surface area contributed by atoms with E-state index < -0.39 is 0 Å². The second-order valence-corrected chi connectivity index (χ2v) is 3.89. The molecule has 82 valence electrons. The van der Waals surface area contributed by atoms with E-state index in [2.05, 4.69) is 15.9 Å². The van der Waals surface area contributed by atoms with Gasteiger partial charge in [-0.05, 0) is 28.1 Å². The van der Waals surface area contributed by atoms with Crippen LogP contribution in [0.3, 0.4) is 0 Å². The summed E-state index contributed by atoms with van der Waals surface area (Å²) in [4.78, 5) is 11.1. The van der Waals surface area contributed by atoms with Gasteiger partial charge in [-0.3, -0.25) is 9.80 Å². The number of para-hydroxylation sites is 1. The summed E-state index contributed by atoms with van der Waals surface area (Å²) in [5.74, 6) is 5.84. The van der Waals surface area contributed by atoms with Crippen molar-refractivity contribution in [3.8, 4) is 5.75 Å². The minimum Gasteiger partial charge on any atom is -0.492 e. The van der Waals surface area contributed by atoms with Gasteiger partial charge in [0.2, 0.25) is 5.91 Å². The van der Waals surface area contributed by atoms with Crippen LogP contribution in [0.15, 0.2) is 28.7 Å². The highest BCUT2D eigenvalue weighted by Gasteiger charge is 2.05. The fourth-order valence-electron chi connectivity index (χ4n) is 0.986. The fraction of sp³-hybridized carbons (Fsp3) is 0.300. The summed E-state index contributed by atoms with van der Waals surface area (Å²) >= 11 is 3.35. The van der Waals surface area contributed by atoms with E-state index in [1.165, 1.54) is 7.05 Å². The van der Waals surface area contributed by atoms with Crippen LogP contribution in [0.25, 0.3) is 0 Å². The Morgan fingerprint density at radius 1 is 1.53 bits per heavy atom. The van der Waals surface area contributed by atoms with Crippen molar-refractivity contribution in [3.05, 3.63) is 28.7 Å². The second-order valence-electron chi connectivity index (χ2n) is 3.03. The van der Waals surface area contributed by atoms with Crippen LogP contribution in [-0.2, 0) is 4.79 Å². The SMILES string of the molecule is CN(N)C(=O)CCOc1ccccc1Br. The van der Waals surface area contributed by atoms with E-state index in [0.717, 1.165) is 15.2 Å². The first kappa shape index (κ1) is 12.0. The third kappa shape index (κ3) is 3.89. The van der Waals surface area contributed by atoms with E-state index in [9.17, 15) is 4.79 Å². The van der Waals surface area contributed by atoms with E-state index in [4.69, 9.17) is 10.6 Å². The molecular weight excluding hydrogens is 260 g/mol. The maximum atomic E-state index is 11.1. The Kier molecular flexibility index (Phi) is 4.58. The third-order valence-corrected chi connectivity index (χ3v) is 2.46. The van der Waals surface area contributed by atoms with Crippen LogP contribution in [0.5, 0.6) is 5.75 Å². The molecule has 0 unspecified atom stereocenters. The molecule has 0 heterocycles. The first-order valence-corrected chi connectivity index (χ1v) is 5.29. The molecule has 1 aromatic carbocycles. The van der Waals surface area contributed by atoms with Crippen molar-refractivity contribution in [2.75, 3.05) is 13.7 Å². The van der Waals surface area contributed by atoms with Crippen LogP contribution in [0.4, 0.5) is 0 Å². The predicted molar refractivity (Wildman–Crippen MR) is 61.2 cm³/mol. The van der Waals surface area contributed by atoms with Crippen LogP contribution in [-0.4, -0.2) is 24.6 Å². The minimum absolute atomic E-state index is 0.151. The van der Waals surface area contributed by atoms with Crippen molar-refractivity contribution < 1.29 is 9.53 Å². The second kappa shape index (κ2) is 5.72. The molecule has 4 nitrogen and oxygen atoms in total. The van der Waals surface area contributed by atoms with Crippen molar-refractivity contribution in [2.45, 2.75) is 6.42 Å². The largest absolute Gasteiger partial charge is 0.492 e. The van der Waals surface area contributed by atoms with Crippen LogP contribution >= 0.6 is 15.9 Å². The molecule has 0 atom stereocenters. The van der Waals surface area contributed by atoms with E-state index in [1.807, 2.05) is 24.3 Å². The van der Waals surface area contributed by atoms with Gasteiger partial charge in [0, 0.05) is 7.05 Å². The van der Waals surface area contributed by atoms with Crippen molar-refractivity contribution in [1.82, 2.24) is 5.01 Å². The Morgan fingerprint density at radius 2 is 2.20 bits per heavy atom. The first-order valence-electron chi connectivity index (χ1n) is 4.50. The topological polar surface area (TPSA) is 55.6 Å². The molecule has 5 heteroatoms. The Morgan fingerprint density at radius 3 is 2.80 bits per heavy atom. The lowest BCUT2D eigenvalue weighted by molar-refractivity contribution is -0.130. The number of nitrogens with zero attached hydrogens (tertiary/aromatic N) is 1. The van der Waals surface area contributed by atoms with Crippen molar-refractivity contribution in [2.24, 2.45) is 5.84 Å². The quantitative estimate of drug-likeness (QED) is 0.514. The number of amides is 1. The lowest BCUT2D eigenvalue weighted by atomic mass is 10.3. The third-order valence-electron chi connectivity index (χ3n) is 1.80. The van der Waals surface area contributed by atoms with Gasteiger partial charge in [-0.1, -0.05) is 12.1 Å². The summed E-state index contributed by atoms with van der Waals surface area (Å²) in [5.41, 5.74) is 0. The number of carbonyl (C=O) groups is 1. The van der Waals surface area contributed by atoms with Crippen LogP contribution in [0.2, 0.25) is 0 Å². The molecule has 0 aliphatic heterocycles. The van der Waals surface area contributed by atoms with Gasteiger partial charge in [-0.25, -0.2) is 5.84 Å². The van der Waals surface area contributed by atoms with Crippen molar-refractivity contribution in [1.29, 1.82) is 0 Å². The van der Waals surface area contributed by atoms with Crippen molar-refractivity contribution in [3.63, 3.8) is 0 Å². The van der Waals surface area contributed by atoms with Gasteiger partial charge in [0.25, 0.3) is 0 Å². The molecule has 15 heavy (non-hydrogen) atoms. The number of hydrazine groups is 1. The van der Waals surface area contributed by atoms with Gasteiger partial charge in [-0.15, -0.1) is 0 Å². The molecule has 0 saturated carbocycles. The maximum Gasteiger partial charge on any atom is 0.239 e. The minimum atomic E-state index is -0.151. The normalized spacial score (nSPS) is 9.80. The van der Waals surface area contributed by atoms with E-state index in [0.29, 0.717) is 6.61 Å². The molecule has 0 radical (unpaired) electrons. The Hall–Kier alpha value is -1.07. The number of benzene rings is 1. The molecule has 0 aromatic heterocycles. The monoisotopic (exact) mass is 272 g/mol. The molecule has 0 saturated heterocycles. The van der Waals surface area contributed by atoms with Crippen molar-refractivity contribution >= 4 is 21.8 Å². The summed E-state index contributed by atoms with van der Waals surface area (Å²) in [6.45, 7) is 0.322. The highest BCUT2D eigenvalue weighted by atomic mass is 79.9. The van der Waals surface area contributed by atoms with Gasteiger partial charge in [0.15, 0.2) is 0 Å². The highest BCUT2D eigenvalue weighted by Crippen LogP contribution is 2.23. The Balaban J connectivity index is 2.38. The zero-order valence-electron chi connectivity index (χ0n) is 8.44. The van der Waals surface area contributed by atoms with Gasteiger partial charge in [0.1, 0.15) is 5.75 Å². The molecule has 0 spiro atoms. The number of carbonyl (C=O) groups excluding carboxylic acids is 1. The van der Waals surface area contributed by atoms with E-state index in [1.54, 1.807) is 0 Å². The summed E-state index contributed by atoms with van der Waals surface area (Å²) in [6.07, 6.45) is 0.272. The average molecular weight is 273 g/mol. The number of nitrogens with two attached hydrogens (primary N) is 1. The lowest BCUT2D eigenvalue weighted by Gasteiger charge is -2.11. The number of ether oxygens (including phenoxy) is 1.